The number of guanidine groups is 1. The van der Waals surface area contributed by atoms with Crippen molar-refractivity contribution in [3.05, 3.63) is 71.7 Å². The monoisotopic (exact) mass is 307 g/mol. The lowest BCUT2D eigenvalue weighted by atomic mass is 10.2. The van der Waals surface area contributed by atoms with Crippen LogP contribution in [0.15, 0.2) is 59.7 Å². The fourth-order valence-corrected chi connectivity index (χ4v) is 2.46. The largest absolute Gasteiger partial charge is 0.352 e. The normalized spacial score (nSPS) is 11.7. The summed E-state index contributed by atoms with van der Waals surface area (Å²) in [5.74, 6) is 0.766. The Morgan fingerprint density at radius 2 is 1.83 bits per heavy atom. The van der Waals surface area contributed by atoms with Crippen molar-refractivity contribution >= 4 is 11.6 Å². The van der Waals surface area contributed by atoms with E-state index in [1.165, 1.54) is 11.3 Å². The first-order valence-corrected chi connectivity index (χ1v) is 7.68. The predicted octanol–water partition coefficient (Wildman–Crippen LogP) is 2.51. The van der Waals surface area contributed by atoms with Crippen LogP contribution in [0.1, 0.15) is 17.0 Å². The molecule has 2 aromatic heterocycles. The summed E-state index contributed by atoms with van der Waals surface area (Å²) in [6.45, 7) is 3.45. The Morgan fingerprint density at radius 3 is 2.57 bits per heavy atom. The predicted molar refractivity (Wildman–Crippen MR) is 93.4 cm³/mol. The fraction of sp³-hybridized carbons (Fsp3) is 0.222. The van der Waals surface area contributed by atoms with Crippen LogP contribution < -0.4 is 10.6 Å². The summed E-state index contributed by atoms with van der Waals surface area (Å²) in [4.78, 5) is 8.87. The first-order chi connectivity index (χ1) is 11.3. The van der Waals surface area contributed by atoms with Crippen molar-refractivity contribution in [2.75, 3.05) is 7.05 Å². The molecule has 0 aliphatic carbocycles. The van der Waals surface area contributed by atoms with Crippen molar-refractivity contribution in [3.8, 4) is 0 Å². The molecule has 0 fully saturated rings. The van der Waals surface area contributed by atoms with Crippen molar-refractivity contribution in [1.29, 1.82) is 0 Å². The van der Waals surface area contributed by atoms with Gasteiger partial charge in [0.1, 0.15) is 5.65 Å². The number of aryl methyl sites for hydroxylation is 1. The van der Waals surface area contributed by atoms with Gasteiger partial charge in [-0.05, 0) is 24.6 Å². The number of fused-ring (bicyclic) bond motifs is 1. The Kier molecular flexibility index (Phi) is 4.57. The van der Waals surface area contributed by atoms with Crippen molar-refractivity contribution in [3.63, 3.8) is 0 Å². The average molecular weight is 307 g/mol. The molecule has 0 aliphatic heterocycles. The minimum absolute atomic E-state index is 0.635. The second-order valence-corrected chi connectivity index (χ2v) is 5.39. The topological polar surface area (TPSA) is 53.7 Å². The van der Waals surface area contributed by atoms with Crippen molar-refractivity contribution in [2.45, 2.75) is 20.0 Å². The Balaban J connectivity index is 1.60. The summed E-state index contributed by atoms with van der Waals surface area (Å²) < 4.78 is 2.09. The maximum Gasteiger partial charge on any atom is 0.191 e. The van der Waals surface area contributed by atoms with E-state index in [2.05, 4.69) is 56.3 Å². The van der Waals surface area contributed by atoms with E-state index in [0.29, 0.717) is 6.54 Å². The summed E-state index contributed by atoms with van der Waals surface area (Å²) in [6.07, 6.45) is 2.06. The SMILES string of the molecule is CN=C(NCc1ccccc1)NCc1cn2c(C)cccc2n1. The Labute approximate surface area is 136 Å². The number of pyridine rings is 1. The van der Waals surface area contributed by atoms with Crippen LogP contribution in [-0.4, -0.2) is 22.4 Å². The van der Waals surface area contributed by atoms with Crippen LogP contribution in [0.3, 0.4) is 0 Å². The van der Waals surface area contributed by atoms with Gasteiger partial charge in [0.2, 0.25) is 0 Å². The number of aliphatic imine (C=N–C) groups is 1. The lowest BCUT2D eigenvalue weighted by Gasteiger charge is -2.10. The quantitative estimate of drug-likeness (QED) is 0.575. The van der Waals surface area contributed by atoms with Gasteiger partial charge in [-0.25, -0.2) is 4.98 Å². The number of aromatic nitrogens is 2. The van der Waals surface area contributed by atoms with E-state index in [1.54, 1.807) is 7.05 Å². The number of imidazole rings is 1. The molecule has 5 nitrogen and oxygen atoms in total. The van der Waals surface area contributed by atoms with E-state index < -0.39 is 0 Å². The van der Waals surface area contributed by atoms with E-state index in [1.807, 2.05) is 30.3 Å². The minimum atomic E-state index is 0.635. The lowest BCUT2D eigenvalue weighted by molar-refractivity contribution is 0.798. The van der Waals surface area contributed by atoms with Gasteiger partial charge in [0.15, 0.2) is 5.96 Å². The fourth-order valence-electron chi connectivity index (χ4n) is 2.46. The van der Waals surface area contributed by atoms with Crippen LogP contribution in [0, 0.1) is 6.92 Å². The molecular weight excluding hydrogens is 286 g/mol. The van der Waals surface area contributed by atoms with Crippen LogP contribution in [0.2, 0.25) is 0 Å². The van der Waals surface area contributed by atoms with Gasteiger partial charge in [0.25, 0.3) is 0 Å². The number of nitrogens with zero attached hydrogens (tertiary/aromatic N) is 3. The van der Waals surface area contributed by atoms with E-state index in [0.717, 1.165) is 23.8 Å². The zero-order chi connectivity index (χ0) is 16.1. The lowest BCUT2D eigenvalue weighted by Crippen LogP contribution is -2.36. The zero-order valence-electron chi connectivity index (χ0n) is 13.5. The molecule has 3 aromatic rings. The maximum atomic E-state index is 4.62. The number of nitrogens with one attached hydrogen (secondary N) is 2. The first-order valence-electron chi connectivity index (χ1n) is 7.68. The van der Waals surface area contributed by atoms with Gasteiger partial charge in [-0.15, -0.1) is 0 Å². The molecule has 1 aromatic carbocycles. The highest BCUT2D eigenvalue weighted by molar-refractivity contribution is 5.79. The molecule has 23 heavy (non-hydrogen) atoms. The summed E-state index contributed by atoms with van der Waals surface area (Å²) in [5, 5.41) is 6.60. The number of hydrogen-bond donors (Lipinski definition) is 2. The van der Waals surface area contributed by atoms with E-state index in [4.69, 9.17) is 0 Å². The molecule has 2 heterocycles. The van der Waals surface area contributed by atoms with E-state index in [9.17, 15) is 0 Å². The second-order valence-electron chi connectivity index (χ2n) is 5.39. The highest BCUT2D eigenvalue weighted by Crippen LogP contribution is 2.08. The van der Waals surface area contributed by atoms with Gasteiger partial charge in [-0.3, -0.25) is 4.99 Å². The molecule has 0 saturated carbocycles. The Hall–Kier alpha value is -2.82. The van der Waals surface area contributed by atoms with Crippen molar-refractivity contribution < 1.29 is 0 Å². The van der Waals surface area contributed by atoms with Gasteiger partial charge >= 0.3 is 0 Å². The molecule has 0 saturated heterocycles. The highest BCUT2D eigenvalue weighted by atomic mass is 15.2. The summed E-state index contributed by atoms with van der Waals surface area (Å²) >= 11 is 0. The molecule has 0 unspecified atom stereocenters. The molecule has 0 spiro atoms. The molecule has 118 valence electrons. The molecule has 0 radical (unpaired) electrons. The van der Waals surface area contributed by atoms with Gasteiger partial charge in [0.05, 0.1) is 12.2 Å². The molecule has 0 aliphatic rings. The maximum absolute atomic E-state index is 4.62. The molecule has 3 rings (SSSR count). The van der Waals surface area contributed by atoms with E-state index in [-0.39, 0.29) is 0 Å². The van der Waals surface area contributed by atoms with Crippen LogP contribution in [0.4, 0.5) is 0 Å². The molecular formula is C18H21N5. The molecule has 5 heteroatoms. The van der Waals surface area contributed by atoms with Crippen LogP contribution in [0.5, 0.6) is 0 Å². The summed E-state index contributed by atoms with van der Waals surface area (Å²) in [5.41, 5.74) is 4.35. The van der Waals surface area contributed by atoms with Crippen LogP contribution in [-0.2, 0) is 13.1 Å². The number of hydrogen-bond acceptors (Lipinski definition) is 2. The average Bonchev–Trinajstić information content (AvgIpc) is 3.00. The van der Waals surface area contributed by atoms with Crippen molar-refractivity contribution in [1.82, 2.24) is 20.0 Å². The molecule has 0 bridgehead atoms. The third-order valence-electron chi connectivity index (χ3n) is 3.71. The summed E-state index contributed by atoms with van der Waals surface area (Å²) in [6, 6.07) is 16.4. The van der Waals surface area contributed by atoms with Crippen molar-refractivity contribution in [2.24, 2.45) is 4.99 Å². The number of rotatable bonds is 4. The zero-order valence-corrected chi connectivity index (χ0v) is 13.5. The van der Waals surface area contributed by atoms with Gasteiger partial charge in [0, 0.05) is 25.5 Å². The third kappa shape index (κ3) is 3.69. The van der Waals surface area contributed by atoms with Crippen LogP contribution in [0.25, 0.3) is 5.65 Å². The van der Waals surface area contributed by atoms with Gasteiger partial charge in [-0.2, -0.15) is 0 Å². The van der Waals surface area contributed by atoms with E-state index >= 15 is 0 Å². The Bertz CT molecular complexity index is 805. The first kappa shape index (κ1) is 15.1. The summed E-state index contributed by atoms with van der Waals surface area (Å²) in [7, 11) is 1.77. The Morgan fingerprint density at radius 1 is 1.04 bits per heavy atom. The van der Waals surface area contributed by atoms with Crippen LogP contribution >= 0.6 is 0 Å². The third-order valence-corrected chi connectivity index (χ3v) is 3.71. The number of benzene rings is 1. The standard InChI is InChI=1S/C18H21N5/c1-14-7-6-10-17-22-16(13-23(14)17)12-21-18(19-2)20-11-15-8-4-3-5-9-15/h3-10,13H,11-12H2,1-2H3,(H2,19,20,21). The second kappa shape index (κ2) is 6.96. The molecule has 0 amide bonds. The van der Waals surface area contributed by atoms with Gasteiger partial charge in [-0.1, -0.05) is 36.4 Å². The highest BCUT2D eigenvalue weighted by Gasteiger charge is 2.04. The minimum Gasteiger partial charge on any atom is -0.352 e. The molecule has 2 N–H and O–H groups in total. The van der Waals surface area contributed by atoms with Gasteiger partial charge < -0.3 is 15.0 Å². The smallest absolute Gasteiger partial charge is 0.191 e. The molecule has 0 atom stereocenters.